The quantitative estimate of drug-likeness (QED) is 0.826. The highest BCUT2D eigenvalue weighted by Crippen LogP contribution is 2.29. The monoisotopic (exact) mass is 219 g/mol. The van der Waals surface area contributed by atoms with Crippen molar-refractivity contribution in [3.05, 3.63) is 29.8 Å². The lowest BCUT2D eigenvalue weighted by molar-refractivity contribution is 0.154. The van der Waals surface area contributed by atoms with Crippen molar-refractivity contribution in [2.45, 2.75) is 38.7 Å². The summed E-state index contributed by atoms with van der Waals surface area (Å²) in [5.41, 5.74) is 2.69. The number of rotatable bonds is 2. The SMILES string of the molecule is CC(C)c1ccccc1N1CCCC(O)C1. The van der Waals surface area contributed by atoms with E-state index in [4.69, 9.17) is 0 Å². The van der Waals surface area contributed by atoms with Gasteiger partial charge in [-0.15, -0.1) is 0 Å². The van der Waals surface area contributed by atoms with Gasteiger partial charge in [-0.05, 0) is 30.4 Å². The van der Waals surface area contributed by atoms with Gasteiger partial charge in [-0.1, -0.05) is 32.0 Å². The molecule has 1 unspecified atom stereocenters. The maximum absolute atomic E-state index is 9.73. The third-order valence-electron chi connectivity index (χ3n) is 3.30. The van der Waals surface area contributed by atoms with Crippen LogP contribution in [0.1, 0.15) is 38.2 Å². The minimum absolute atomic E-state index is 0.158. The molecule has 0 saturated carbocycles. The Labute approximate surface area is 97.9 Å². The van der Waals surface area contributed by atoms with E-state index < -0.39 is 0 Å². The topological polar surface area (TPSA) is 23.5 Å². The number of β-amino-alcohol motifs (C(OH)–C–C–N with tert-alkyl or cyclic N) is 1. The first-order valence-corrected chi connectivity index (χ1v) is 6.20. The second kappa shape index (κ2) is 4.88. The minimum atomic E-state index is -0.158. The number of para-hydroxylation sites is 1. The Morgan fingerprint density at radius 3 is 2.75 bits per heavy atom. The number of piperidine rings is 1. The summed E-state index contributed by atoms with van der Waals surface area (Å²) in [4.78, 5) is 2.32. The first-order valence-electron chi connectivity index (χ1n) is 6.20. The van der Waals surface area contributed by atoms with E-state index in [0.717, 1.165) is 25.9 Å². The Morgan fingerprint density at radius 2 is 2.06 bits per heavy atom. The van der Waals surface area contributed by atoms with Crippen LogP contribution in [0.15, 0.2) is 24.3 Å². The van der Waals surface area contributed by atoms with Crippen molar-refractivity contribution in [2.24, 2.45) is 0 Å². The van der Waals surface area contributed by atoms with Crippen LogP contribution in [0.25, 0.3) is 0 Å². The lowest BCUT2D eigenvalue weighted by Gasteiger charge is -2.34. The number of hydrogen-bond donors (Lipinski definition) is 1. The molecule has 0 aliphatic carbocycles. The second-order valence-electron chi connectivity index (χ2n) is 4.96. The van der Waals surface area contributed by atoms with Crippen LogP contribution in [0.3, 0.4) is 0 Å². The van der Waals surface area contributed by atoms with Gasteiger partial charge in [-0.2, -0.15) is 0 Å². The van der Waals surface area contributed by atoms with Gasteiger partial charge in [0.15, 0.2) is 0 Å². The standard InChI is InChI=1S/C14H21NO/c1-11(2)13-7-3-4-8-14(13)15-9-5-6-12(16)10-15/h3-4,7-8,11-12,16H,5-6,9-10H2,1-2H3. The van der Waals surface area contributed by atoms with Crippen LogP contribution in [0, 0.1) is 0 Å². The van der Waals surface area contributed by atoms with Crippen LogP contribution in [-0.2, 0) is 0 Å². The number of benzene rings is 1. The summed E-state index contributed by atoms with van der Waals surface area (Å²) in [6.45, 7) is 6.29. The predicted molar refractivity (Wildman–Crippen MR) is 68.0 cm³/mol. The van der Waals surface area contributed by atoms with Crippen LogP contribution < -0.4 is 4.90 Å². The molecule has 0 bridgehead atoms. The minimum Gasteiger partial charge on any atom is -0.391 e. The molecule has 1 saturated heterocycles. The normalized spacial score (nSPS) is 21.5. The van der Waals surface area contributed by atoms with Gasteiger partial charge < -0.3 is 10.0 Å². The van der Waals surface area contributed by atoms with E-state index in [9.17, 15) is 5.11 Å². The molecule has 1 aromatic carbocycles. The van der Waals surface area contributed by atoms with Gasteiger partial charge in [0, 0.05) is 18.8 Å². The van der Waals surface area contributed by atoms with Crippen LogP contribution in [0.2, 0.25) is 0 Å². The average Bonchev–Trinajstić information content (AvgIpc) is 2.29. The lowest BCUT2D eigenvalue weighted by Crippen LogP contribution is -2.38. The molecule has 0 amide bonds. The van der Waals surface area contributed by atoms with Gasteiger partial charge in [0.25, 0.3) is 0 Å². The van der Waals surface area contributed by atoms with E-state index >= 15 is 0 Å². The number of nitrogens with zero attached hydrogens (tertiary/aromatic N) is 1. The zero-order chi connectivity index (χ0) is 11.5. The molecule has 1 atom stereocenters. The molecule has 1 heterocycles. The van der Waals surface area contributed by atoms with Crippen LogP contribution in [-0.4, -0.2) is 24.3 Å². The number of hydrogen-bond acceptors (Lipinski definition) is 2. The van der Waals surface area contributed by atoms with Gasteiger partial charge in [0.05, 0.1) is 6.10 Å². The number of aliphatic hydroxyl groups excluding tert-OH is 1. The zero-order valence-corrected chi connectivity index (χ0v) is 10.2. The van der Waals surface area contributed by atoms with E-state index in [2.05, 4.69) is 43.0 Å². The molecule has 2 nitrogen and oxygen atoms in total. The Hall–Kier alpha value is -1.02. The smallest absolute Gasteiger partial charge is 0.0715 e. The molecule has 1 fully saturated rings. The predicted octanol–water partition coefficient (Wildman–Crippen LogP) is 2.77. The Kier molecular flexibility index (Phi) is 3.49. The highest BCUT2D eigenvalue weighted by atomic mass is 16.3. The molecule has 2 rings (SSSR count). The first kappa shape index (κ1) is 11.5. The largest absolute Gasteiger partial charge is 0.391 e. The summed E-state index contributed by atoms with van der Waals surface area (Å²) < 4.78 is 0. The fraction of sp³-hybridized carbons (Fsp3) is 0.571. The summed E-state index contributed by atoms with van der Waals surface area (Å²) >= 11 is 0. The van der Waals surface area contributed by atoms with Crippen molar-refractivity contribution in [1.82, 2.24) is 0 Å². The van der Waals surface area contributed by atoms with Gasteiger partial charge in [0.2, 0.25) is 0 Å². The molecule has 1 aliphatic heterocycles. The van der Waals surface area contributed by atoms with E-state index in [1.165, 1.54) is 11.3 Å². The molecule has 1 aliphatic rings. The second-order valence-corrected chi connectivity index (χ2v) is 4.96. The zero-order valence-electron chi connectivity index (χ0n) is 10.2. The van der Waals surface area contributed by atoms with E-state index in [1.807, 2.05) is 0 Å². The van der Waals surface area contributed by atoms with Crippen LogP contribution in [0.4, 0.5) is 5.69 Å². The van der Waals surface area contributed by atoms with Gasteiger partial charge >= 0.3 is 0 Å². The molecule has 0 aromatic heterocycles. The fourth-order valence-electron chi connectivity index (χ4n) is 2.44. The van der Waals surface area contributed by atoms with Crippen LogP contribution in [0.5, 0.6) is 0 Å². The maximum Gasteiger partial charge on any atom is 0.0715 e. The molecule has 2 heteroatoms. The van der Waals surface area contributed by atoms with Gasteiger partial charge in [-0.3, -0.25) is 0 Å². The Morgan fingerprint density at radius 1 is 1.31 bits per heavy atom. The summed E-state index contributed by atoms with van der Waals surface area (Å²) in [6, 6.07) is 8.55. The third-order valence-corrected chi connectivity index (χ3v) is 3.30. The molecular weight excluding hydrogens is 198 g/mol. The summed E-state index contributed by atoms with van der Waals surface area (Å²) in [7, 11) is 0. The Bertz CT molecular complexity index is 348. The molecule has 0 radical (unpaired) electrons. The summed E-state index contributed by atoms with van der Waals surface area (Å²) in [5.74, 6) is 0.537. The third kappa shape index (κ3) is 2.38. The molecule has 88 valence electrons. The molecule has 1 N–H and O–H groups in total. The van der Waals surface area contributed by atoms with Crippen molar-refractivity contribution in [1.29, 1.82) is 0 Å². The maximum atomic E-state index is 9.73. The summed E-state index contributed by atoms with van der Waals surface area (Å²) in [5, 5.41) is 9.73. The van der Waals surface area contributed by atoms with Gasteiger partial charge in [0.1, 0.15) is 0 Å². The molecule has 1 aromatic rings. The first-order chi connectivity index (χ1) is 7.68. The lowest BCUT2D eigenvalue weighted by atomic mass is 9.98. The van der Waals surface area contributed by atoms with Crippen molar-refractivity contribution >= 4 is 5.69 Å². The van der Waals surface area contributed by atoms with Crippen molar-refractivity contribution < 1.29 is 5.11 Å². The van der Waals surface area contributed by atoms with Gasteiger partial charge in [-0.25, -0.2) is 0 Å². The van der Waals surface area contributed by atoms with Crippen molar-refractivity contribution in [2.75, 3.05) is 18.0 Å². The van der Waals surface area contributed by atoms with Crippen molar-refractivity contribution in [3.8, 4) is 0 Å². The van der Waals surface area contributed by atoms with E-state index in [-0.39, 0.29) is 6.10 Å². The highest BCUT2D eigenvalue weighted by Gasteiger charge is 2.20. The highest BCUT2D eigenvalue weighted by molar-refractivity contribution is 5.55. The van der Waals surface area contributed by atoms with Crippen molar-refractivity contribution in [3.63, 3.8) is 0 Å². The van der Waals surface area contributed by atoms with E-state index in [1.54, 1.807) is 0 Å². The fourth-order valence-corrected chi connectivity index (χ4v) is 2.44. The summed E-state index contributed by atoms with van der Waals surface area (Å²) in [6.07, 6.45) is 1.88. The number of aliphatic hydroxyl groups is 1. The molecule has 16 heavy (non-hydrogen) atoms. The van der Waals surface area contributed by atoms with Crippen LogP contribution >= 0.6 is 0 Å². The average molecular weight is 219 g/mol. The van der Waals surface area contributed by atoms with E-state index in [0.29, 0.717) is 5.92 Å². The number of anilines is 1. The molecule has 0 spiro atoms. The Balaban J connectivity index is 2.25. The molecular formula is C14H21NO.